The second-order valence-electron chi connectivity index (χ2n) is 5.56. The van der Waals surface area contributed by atoms with Crippen LogP contribution in [0.25, 0.3) is 0 Å². The Morgan fingerprint density at radius 1 is 1.09 bits per heavy atom. The molecule has 1 aliphatic rings. The number of nitrogens with zero attached hydrogens (tertiary/aromatic N) is 4. The summed E-state index contributed by atoms with van der Waals surface area (Å²) < 4.78 is 5.57. The first-order valence-corrected chi connectivity index (χ1v) is 7.44. The summed E-state index contributed by atoms with van der Waals surface area (Å²) in [5, 5.41) is 0. The van der Waals surface area contributed by atoms with Crippen LogP contribution in [-0.4, -0.2) is 47.0 Å². The van der Waals surface area contributed by atoms with Crippen LogP contribution in [0.3, 0.4) is 0 Å². The molecule has 116 valence electrons. The summed E-state index contributed by atoms with van der Waals surface area (Å²) in [5.74, 6) is 2.45. The normalized spacial score (nSPS) is 15.2. The number of amides is 1. The topological polar surface area (TPSA) is 62.5 Å². The monoisotopic (exact) mass is 300 g/mol. The Balaban J connectivity index is 1.70. The molecule has 0 saturated carbocycles. The summed E-state index contributed by atoms with van der Waals surface area (Å²) in [6.45, 7) is 8.57. The van der Waals surface area contributed by atoms with Gasteiger partial charge in [-0.25, -0.2) is 4.98 Å². The van der Waals surface area contributed by atoms with E-state index in [4.69, 9.17) is 4.42 Å². The van der Waals surface area contributed by atoms with Gasteiger partial charge in [0.25, 0.3) is 5.91 Å². The van der Waals surface area contributed by atoms with Gasteiger partial charge in [0.05, 0.1) is 11.8 Å². The van der Waals surface area contributed by atoms with Crippen LogP contribution in [0.15, 0.2) is 23.0 Å². The third-order valence-electron chi connectivity index (χ3n) is 4.22. The van der Waals surface area contributed by atoms with Gasteiger partial charge >= 0.3 is 0 Å². The molecule has 22 heavy (non-hydrogen) atoms. The third-order valence-corrected chi connectivity index (χ3v) is 4.22. The Bertz CT molecular complexity index is 673. The molecule has 1 saturated heterocycles. The largest absolute Gasteiger partial charge is 0.466 e. The molecule has 2 aromatic rings. The number of aryl methyl sites for hydroxylation is 2. The Morgan fingerprint density at radius 2 is 1.82 bits per heavy atom. The standard InChI is InChI=1S/C16H20N4O2/c1-11-12(2)22-13(3)15(11)16(21)20-8-6-19(7-9-20)14-10-17-4-5-18-14/h4-5,10H,6-9H2,1-3H3. The molecule has 1 aliphatic heterocycles. The maximum Gasteiger partial charge on any atom is 0.257 e. The quantitative estimate of drug-likeness (QED) is 0.848. The fourth-order valence-electron chi connectivity index (χ4n) is 2.86. The molecular weight excluding hydrogens is 280 g/mol. The third kappa shape index (κ3) is 2.56. The van der Waals surface area contributed by atoms with Gasteiger partial charge in [0.1, 0.15) is 17.3 Å². The van der Waals surface area contributed by atoms with E-state index in [1.807, 2.05) is 25.7 Å². The van der Waals surface area contributed by atoms with Gasteiger partial charge in [-0.1, -0.05) is 0 Å². The van der Waals surface area contributed by atoms with Crippen molar-refractivity contribution in [3.8, 4) is 0 Å². The number of piperazine rings is 1. The molecule has 0 N–H and O–H groups in total. The van der Waals surface area contributed by atoms with Crippen LogP contribution >= 0.6 is 0 Å². The van der Waals surface area contributed by atoms with Crippen LogP contribution in [0.1, 0.15) is 27.4 Å². The number of rotatable bonds is 2. The minimum Gasteiger partial charge on any atom is -0.466 e. The maximum absolute atomic E-state index is 12.7. The van der Waals surface area contributed by atoms with E-state index in [-0.39, 0.29) is 5.91 Å². The summed E-state index contributed by atoms with van der Waals surface area (Å²) >= 11 is 0. The minimum absolute atomic E-state index is 0.0608. The van der Waals surface area contributed by atoms with E-state index < -0.39 is 0 Å². The van der Waals surface area contributed by atoms with Crippen LogP contribution in [0, 0.1) is 20.8 Å². The number of furan rings is 1. The molecule has 1 fully saturated rings. The van der Waals surface area contributed by atoms with Crippen LogP contribution in [0.4, 0.5) is 5.82 Å². The van der Waals surface area contributed by atoms with E-state index in [9.17, 15) is 4.79 Å². The summed E-state index contributed by atoms with van der Waals surface area (Å²) in [6.07, 6.45) is 5.11. The highest BCUT2D eigenvalue weighted by atomic mass is 16.3. The van der Waals surface area contributed by atoms with E-state index in [1.54, 1.807) is 18.6 Å². The zero-order chi connectivity index (χ0) is 15.7. The average Bonchev–Trinajstić information content (AvgIpc) is 2.80. The van der Waals surface area contributed by atoms with Gasteiger partial charge in [-0.15, -0.1) is 0 Å². The van der Waals surface area contributed by atoms with Crippen LogP contribution in [-0.2, 0) is 0 Å². The summed E-state index contributed by atoms with van der Waals surface area (Å²) in [6, 6.07) is 0. The van der Waals surface area contributed by atoms with Crippen LogP contribution in [0.5, 0.6) is 0 Å². The number of anilines is 1. The number of carbonyl (C=O) groups excluding carboxylic acids is 1. The van der Waals surface area contributed by atoms with Crippen molar-refractivity contribution in [2.24, 2.45) is 0 Å². The van der Waals surface area contributed by atoms with Crippen molar-refractivity contribution < 1.29 is 9.21 Å². The molecule has 3 rings (SSSR count). The molecule has 1 amide bonds. The van der Waals surface area contributed by atoms with Crippen molar-refractivity contribution in [1.29, 1.82) is 0 Å². The van der Waals surface area contributed by atoms with E-state index in [1.165, 1.54) is 0 Å². The first kappa shape index (κ1) is 14.6. The fraction of sp³-hybridized carbons (Fsp3) is 0.438. The molecule has 0 radical (unpaired) electrons. The predicted octanol–water partition coefficient (Wildman–Crippen LogP) is 1.96. The summed E-state index contributed by atoms with van der Waals surface area (Å²) in [7, 11) is 0. The highest BCUT2D eigenvalue weighted by molar-refractivity contribution is 5.97. The Kier molecular flexibility index (Phi) is 3.83. The predicted molar refractivity (Wildman–Crippen MR) is 83.1 cm³/mol. The lowest BCUT2D eigenvalue weighted by molar-refractivity contribution is 0.0744. The smallest absolute Gasteiger partial charge is 0.257 e. The molecule has 6 nitrogen and oxygen atoms in total. The van der Waals surface area contributed by atoms with Crippen molar-refractivity contribution in [3.63, 3.8) is 0 Å². The molecule has 6 heteroatoms. The fourth-order valence-corrected chi connectivity index (χ4v) is 2.86. The molecule has 0 unspecified atom stereocenters. The van der Waals surface area contributed by atoms with Crippen molar-refractivity contribution in [3.05, 3.63) is 41.2 Å². The molecule has 0 spiro atoms. The molecule has 0 atom stereocenters. The zero-order valence-corrected chi connectivity index (χ0v) is 13.2. The maximum atomic E-state index is 12.7. The number of carbonyl (C=O) groups is 1. The number of aromatic nitrogens is 2. The second-order valence-corrected chi connectivity index (χ2v) is 5.56. The van der Waals surface area contributed by atoms with Gasteiger partial charge < -0.3 is 14.2 Å². The highest BCUT2D eigenvalue weighted by Gasteiger charge is 2.27. The number of hydrogen-bond acceptors (Lipinski definition) is 5. The van der Waals surface area contributed by atoms with Gasteiger partial charge in [-0.3, -0.25) is 9.78 Å². The Hall–Kier alpha value is -2.37. The van der Waals surface area contributed by atoms with E-state index in [0.717, 1.165) is 30.2 Å². The first-order valence-electron chi connectivity index (χ1n) is 7.44. The Labute approximate surface area is 129 Å². The molecular formula is C16H20N4O2. The van der Waals surface area contributed by atoms with E-state index >= 15 is 0 Å². The molecule has 2 aromatic heterocycles. The van der Waals surface area contributed by atoms with Crippen LogP contribution < -0.4 is 4.90 Å². The van der Waals surface area contributed by atoms with Gasteiger partial charge in [0.15, 0.2) is 0 Å². The molecule has 0 aromatic carbocycles. The highest BCUT2D eigenvalue weighted by Crippen LogP contribution is 2.23. The average molecular weight is 300 g/mol. The zero-order valence-electron chi connectivity index (χ0n) is 13.2. The Morgan fingerprint density at radius 3 is 2.36 bits per heavy atom. The minimum atomic E-state index is 0.0608. The second kappa shape index (κ2) is 5.79. The summed E-state index contributed by atoms with van der Waals surface area (Å²) in [5.41, 5.74) is 1.66. The lowest BCUT2D eigenvalue weighted by atomic mass is 10.1. The summed E-state index contributed by atoms with van der Waals surface area (Å²) in [4.78, 5) is 25.2. The van der Waals surface area contributed by atoms with Gasteiger partial charge in [-0.2, -0.15) is 0 Å². The van der Waals surface area contributed by atoms with E-state index in [0.29, 0.717) is 24.4 Å². The lowest BCUT2D eigenvalue weighted by Gasteiger charge is -2.35. The van der Waals surface area contributed by atoms with Crippen molar-refractivity contribution >= 4 is 11.7 Å². The van der Waals surface area contributed by atoms with Crippen molar-refractivity contribution in [2.75, 3.05) is 31.1 Å². The molecule has 0 aliphatic carbocycles. The van der Waals surface area contributed by atoms with Crippen molar-refractivity contribution in [2.45, 2.75) is 20.8 Å². The van der Waals surface area contributed by atoms with E-state index in [2.05, 4.69) is 14.9 Å². The van der Waals surface area contributed by atoms with Crippen molar-refractivity contribution in [1.82, 2.24) is 14.9 Å². The van der Waals surface area contributed by atoms with Gasteiger partial charge in [-0.05, 0) is 20.8 Å². The lowest BCUT2D eigenvalue weighted by Crippen LogP contribution is -2.49. The molecule has 0 bridgehead atoms. The SMILES string of the molecule is Cc1oc(C)c(C(=O)N2CCN(c3cnccn3)CC2)c1C. The van der Waals surface area contributed by atoms with Crippen LogP contribution in [0.2, 0.25) is 0 Å². The van der Waals surface area contributed by atoms with Gasteiger partial charge in [0.2, 0.25) is 0 Å². The first-order chi connectivity index (χ1) is 10.6. The molecule has 3 heterocycles. The number of hydrogen-bond donors (Lipinski definition) is 0. The van der Waals surface area contributed by atoms with Gasteiger partial charge in [0, 0.05) is 44.1 Å².